The van der Waals surface area contributed by atoms with Gasteiger partial charge < -0.3 is 4.74 Å². The molecule has 1 aliphatic rings. The van der Waals surface area contributed by atoms with Crippen LogP contribution in [0.2, 0.25) is 0 Å². The van der Waals surface area contributed by atoms with Crippen LogP contribution in [0.5, 0.6) is 5.75 Å². The third-order valence-corrected chi connectivity index (χ3v) is 6.32. The predicted octanol–water partition coefficient (Wildman–Crippen LogP) is 6.78. The SMILES string of the molecule is CCCCCCC[C@]1(C#N)CC[C@H](C(=O)Oc2ccc(CCCCC)nc2)CC1. The molecule has 0 radical (unpaired) electrons. The van der Waals surface area contributed by atoms with Gasteiger partial charge >= 0.3 is 5.97 Å². The lowest BCUT2D eigenvalue weighted by atomic mass is 9.69. The summed E-state index contributed by atoms with van der Waals surface area (Å²) in [6.07, 6.45) is 16.4. The Morgan fingerprint density at radius 3 is 2.41 bits per heavy atom. The number of unbranched alkanes of at least 4 members (excludes halogenated alkanes) is 6. The van der Waals surface area contributed by atoms with E-state index >= 15 is 0 Å². The molecular weight excluding hydrogens is 360 g/mol. The lowest BCUT2D eigenvalue weighted by molar-refractivity contribution is -0.140. The number of hydrogen-bond donors (Lipinski definition) is 0. The Morgan fingerprint density at radius 2 is 1.79 bits per heavy atom. The minimum absolute atomic E-state index is 0.0965. The van der Waals surface area contributed by atoms with Crippen LogP contribution in [-0.2, 0) is 11.2 Å². The summed E-state index contributed by atoms with van der Waals surface area (Å²) in [4.78, 5) is 17.0. The maximum atomic E-state index is 12.6. The van der Waals surface area contributed by atoms with E-state index < -0.39 is 0 Å². The van der Waals surface area contributed by atoms with Gasteiger partial charge in [0.25, 0.3) is 0 Å². The van der Waals surface area contributed by atoms with Crippen LogP contribution >= 0.6 is 0 Å². The van der Waals surface area contributed by atoms with E-state index in [0.29, 0.717) is 5.75 Å². The fourth-order valence-electron chi connectivity index (χ4n) is 4.27. The number of aryl methyl sites for hydroxylation is 1. The van der Waals surface area contributed by atoms with E-state index in [1.54, 1.807) is 6.20 Å². The minimum atomic E-state index is -0.231. The second kappa shape index (κ2) is 12.6. The van der Waals surface area contributed by atoms with Crippen molar-refractivity contribution in [1.29, 1.82) is 5.26 Å². The largest absolute Gasteiger partial charge is 0.425 e. The first kappa shape index (κ1) is 23.4. The molecular formula is C25H38N2O2. The predicted molar refractivity (Wildman–Crippen MR) is 116 cm³/mol. The number of carbonyl (C=O) groups is 1. The molecule has 1 saturated carbocycles. The summed E-state index contributed by atoms with van der Waals surface area (Å²) in [6.45, 7) is 4.41. The molecule has 0 aliphatic heterocycles. The van der Waals surface area contributed by atoms with Crippen molar-refractivity contribution in [2.75, 3.05) is 0 Å². The molecule has 0 spiro atoms. The Balaban J connectivity index is 1.76. The lowest BCUT2D eigenvalue weighted by Crippen LogP contribution is -2.31. The second-order valence-corrected chi connectivity index (χ2v) is 8.69. The monoisotopic (exact) mass is 398 g/mol. The van der Waals surface area contributed by atoms with Gasteiger partial charge in [-0.1, -0.05) is 58.8 Å². The van der Waals surface area contributed by atoms with Crippen LogP contribution in [0.4, 0.5) is 0 Å². The van der Waals surface area contributed by atoms with Crippen molar-refractivity contribution < 1.29 is 9.53 Å². The smallest absolute Gasteiger partial charge is 0.314 e. The molecule has 1 heterocycles. The quantitative estimate of drug-likeness (QED) is 0.287. The maximum Gasteiger partial charge on any atom is 0.314 e. The van der Waals surface area contributed by atoms with E-state index in [4.69, 9.17) is 4.74 Å². The van der Waals surface area contributed by atoms with Gasteiger partial charge in [-0.25, -0.2) is 0 Å². The number of carbonyl (C=O) groups excluding carboxylic acids is 1. The highest BCUT2D eigenvalue weighted by Crippen LogP contribution is 2.42. The highest BCUT2D eigenvalue weighted by Gasteiger charge is 2.37. The summed E-state index contributed by atoms with van der Waals surface area (Å²) in [5.41, 5.74) is 0.818. The van der Waals surface area contributed by atoms with Crippen LogP contribution in [0.3, 0.4) is 0 Å². The van der Waals surface area contributed by atoms with E-state index in [9.17, 15) is 10.1 Å². The average Bonchev–Trinajstić information content (AvgIpc) is 2.75. The van der Waals surface area contributed by atoms with Crippen molar-refractivity contribution in [3.8, 4) is 11.8 Å². The second-order valence-electron chi connectivity index (χ2n) is 8.69. The first-order valence-corrected chi connectivity index (χ1v) is 11.7. The Morgan fingerprint density at radius 1 is 1.10 bits per heavy atom. The molecule has 4 nitrogen and oxygen atoms in total. The zero-order valence-corrected chi connectivity index (χ0v) is 18.4. The van der Waals surface area contributed by atoms with Gasteiger partial charge in [0.15, 0.2) is 0 Å². The number of ether oxygens (including phenoxy) is 1. The van der Waals surface area contributed by atoms with Crippen LogP contribution in [0.1, 0.15) is 103 Å². The molecule has 4 heteroatoms. The van der Waals surface area contributed by atoms with Crippen molar-refractivity contribution in [3.05, 3.63) is 24.0 Å². The molecule has 1 aromatic heterocycles. The van der Waals surface area contributed by atoms with Gasteiger partial charge in [0, 0.05) is 5.69 Å². The Hall–Kier alpha value is -1.89. The van der Waals surface area contributed by atoms with Crippen molar-refractivity contribution in [2.24, 2.45) is 11.3 Å². The molecule has 0 aromatic carbocycles. The Kier molecular flexibility index (Phi) is 10.2. The number of hydrogen-bond acceptors (Lipinski definition) is 4. The zero-order chi connectivity index (χ0) is 21.0. The first-order valence-electron chi connectivity index (χ1n) is 11.7. The van der Waals surface area contributed by atoms with Crippen LogP contribution in [0, 0.1) is 22.7 Å². The van der Waals surface area contributed by atoms with Gasteiger partial charge in [-0.2, -0.15) is 5.26 Å². The third-order valence-electron chi connectivity index (χ3n) is 6.32. The highest BCUT2D eigenvalue weighted by atomic mass is 16.5. The number of nitrogens with zero attached hydrogens (tertiary/aromatic N) is 2. The number of aromatic nitrogens is 1. The molecule has 0 unspecified atom stereocenters. The third kappa shape index (κ3) is 7.80. The maximum absolute atomic E-state index is 12.6. The zero-order valence-electron chi connectivity index (χ0n) is 18.4. The molecule has 0 atom stereocenters. The van der Waals surface area contributed by atoms with Gasteiger partial charge in [0.2, 0.25) is 0 Å². The van der Waals surface area contributed by atoms with Crippen LogP contribution in [-0.4, -0.2) is 11.0 Å². The Bertz CT molecular complexity index is 640. The average molecular weight is 399 g/mol. The standard InChI is InChI=1S/C25H38N2O2/c1-3-5-7-8-10-16-25(20-26)17-14-21(15-18-25)24(28)29-23-13-12-22(27-19-23)11-9-6-4-2/h12-13,19,21H,3-11,14-18H2,1-2H3/t21-,25-. The number of pyridine rings is 1. The molecule has 1 aliphatic carbocycles. The fourth-order valence-corrected chi connectivity index (χ4v) is 4.27. The normalized spacial score (nSPS) is 21.5. The number of esters is 1. The van der Waals surface area contributed by atoms with Gasteiger partial charge in [-0.3, -0.25) is 9.78 Å². The van der Waals surface area contributed by atoms with Gasteiger partial charge in [-0.15, -0.1) is 0 Å². The van der Waals surface area contributed by atoms with E-state index in [-0.39, 0.29) is 17.3 Å². The fraction of sp³-hybridized carbons (Fsp3) is 0.720. The molecule has 160 valence electrons. The highest BCUT2D eigenvalue weighted by molar-refractivity contribution is 5.75. The topological polar surface area (TPSA) is 63.0 Å². The molecule has 1 aromatic rings. The van der Waals surface area contributed by atoms with Crippen LogP contribution < -0.4 is 4.74 Å². The van der Waals surface area contributed by atoms with Crippen molar-refractivity contribution >= 4 is 5.97 Å². The summed E-state index contributed by atoms with van der Waals surface area (Å²) >= 11 is 0. The van der Waals surface area contributed by atoms with E-state index in [1.165, 1.54) is 38.5 Å². The summed E-state index contributed by atoms with van der Waals surface area (Å²) in [5.74, 6) is 0.267. The van der Waals surface area contributed by atoms with E-state index in [0.717, 1.165) is 57.1 Å². The molecule has 0 saturated heterocycles. The molecule has 1 fully saturated rings. The summed E-state index contributed by atoms with van der Waals surface area (Å²) < 4.78 is 5.58. The van der Waals surface area contributed by atoms with E-state index in [1.807, 2.05) is 12.1 Å². The Labute approximate surface area is 177 Å². The lowest BCUT2D eigenvalue weighted by Gasteiger charge is -2.34. The van der Waals surface area contributed by atoms with Gasteiger partial charge in [-0.05, 0) is 57.1 Å². The minimum Gasteiger partial charge on any atom is -0.425 e. The summed E-state index contributed by atoms with van der Waals surface area (Å²) in [5, 5.41) is 9.73. The number of rotatable bonds is 12. The van der Waals surface area contributed by atoms with Crippen LogP contribution in [0.25, 0.3) is 0 Å². The molecule has 0 N–H and O–H groups in total. The molecule has 0 bridgehead atoms. The number of nitriles is 1. The van der Waals surface area contributed by atoms with Crippen LogP contribution in [0.15, 0.2) is 18.3 Å². The van der Waals surface area contributed by atoms with Gasteiger partial charge in [0.1, 0.15) is 5.75 Å². The molecule has 2 rings (SSSR count). The molecule has 0 amide bonds. The molecule has 29 heavy (non-hydrogen) atoms. The van der Waals surface area contributed by atoms with Crippen molar-refractivity contribution in [3.63, 3.8) is 0 Å². The van der Waals surface area contributed by atoms with E-state index in [2.05, 4.69) is 24.9 Å². The summed E-state index contributed by atoms with van der Waals surface area (Å²) in [6, 6.07) is 6.39. The first-order chi connectivity index (χ1) is 14.1. The van der Waals surface area contributed by atoms with Gasteiger partial charge in [0.05, 0.1) is 23.6 Å². The van der Waals surface area contributed by atoms with Crippen molar-refractivity contribution in [1.82, 2.24) is 4.98 Å². The summed E-state index contributed by atoms with van der Waals surface area (Å²) in [7, 11) is 0. The van der Waals surface area contributed by atoms with Crippen molar-refractivity contribution in [2.45, 2.75) is 104 Å².